The van der Waals surface area contributed by atoms with Crippen LogP contribution in [0.15, 0.2) is 42.6 Å². The molecule has 1 aromatic carbocycles. The molecule has 0 atom stereocenters. The van der Waals surface area contributed by atoms with Crippen LogP contribution in [0, 0.1) is 18.3 Å². The molecule has 2 heterocycles. The van der Waals surface area contributed by atoms with Gasteiger partial charge < -0.3 is 10.1 Å². The average Bonchev–Trinajstić information content (AvgIpc) is 2.61. The number of benzene rings is 1. The summed E-state index contributed by atoms with van der Waals surface area (Å²) in [6.45, 7) is 1.88. The number of esters is 1. The van der Waals surface area contributed by atoms with Gasteiger partial charge in [-0.15, -0.1) is 12.4 Å². The number of carbonyl (C=O) groups excluding carboxylic acids is 1. The number of carbonyl (C=O) groups is 1. The maximum atomic E-state index is 12.1. The molecule has 0 spiro atoms. The number of pyridine rings is 2. The van der Waals surface area contributed by atoms with Crippen LogP contribution in [-0.4, -0.2) is 23.0 Å². The summed E-state index contributed by atoms with van der Waals surface area (Å²) in [5.74, 6) is -0.485. The van der Waals surface area contributed by atoms with E-state index in [-0.39, 0.29) is 12.4 Å². The van der Waals surface area contributed by atoms with Gasteiger partial charge in [0.25, 0.3) is 0 Å². The molecular weight excluding hydrogens is 340 g/mol. The fourth-order valence-electron chi connectivity index (χ4n) is 2.34. The number of anilines is 2. The molecule has 6 nitrogen and oxygen atoms in total. The monoisotopic (exact) mass is 354 g/mol. The van der Waals surface area contributed by atoms with E-state index < -0.39 is 5.97 Å². The molecule has 0 amide bonds. The highest BCUT2D eigenvalue weighted by Crippen LogP contribution is 2.29. The number of halogens is 1. The average molecular weight is 355 g/mol. The lowest BCUT2D eigenvalue weighted by atomic mass is 10.1. The van der Waals surface area contributed by atoms with Gasteiger partial charge in [-0.05, 0) is 43.3 Å². The SMILES string of the molecule is COC(=O)c1cnc2nc(C)ccc2c1Nc1ccc(C#N)cc1.Cl. The molecule has 0 bridgehead atoms. The molecule has 0 fully saturated rings. The van der Waals surface area contributed by atoms with Gasteiger partial charge in [-0.2, -0.15) is 5.26 Å². The molecule has 2 aromatic heterocycles. The van der Waals surface area contributed by atoms with Crippen molar-refractivity contribution in [3.63, 3.8) is 0 Å². The normalized spacial score (nSPS) is 9.80. The summed E-state index contributed by atoms with van der Waals surface area (Å²) >= 11 is 0. The maximum Gasteiger partial charge on any atom is 0.341 e. The van der Waals surface area contributed by atoms with Crippen LogP contribution in [0.4, 0.5) is 11.4 Å². The summed E-state index contributed by atoms with van der Waals surface area (Å²) in [4.78, 5) is 20.7. The smallest absolute Gasteiger partial charge is 0.341 e. The zero-order valence-electron chi connectivity index (χ0n) is 13.6. The zero-order valence-corrected chi connectivity index (χ0v) is 14.4. The van der Waals surface area contributed by atoms with E-state index in [2.05, 4.69) is 21.4 Å². The highest BCUT2D eigenvalue weighted by Gasteiger charge is 2.17. The van der Waals surface area contributed by atoms with Crippen molar-refractivity contribution >= 4 is 40.8 Å². The van der Waals surface area contributed by atoms with Crippen LogP contribution in [0.25, 0.3) is 11.0 Å². The lowest BCUT2D eigenvalue weighted by Gasteiger charge is -2.13. The number of methoxy groups -OCH3 is 1. The van der Waals surface area contributed by atoms with Gasteiger partial charge in [0.2, 0.25) is 0 Å². The van der Waals surface area contributed by atoms with Crippen LogP contribution in [0.5, 0.6) is 0 Å². The second-order valence-electron chi connectivity index (χ2n) is 5.18. The minimum Gasteiger partial charge on any atom is -0.465 e. The van der Waals surface area contributed by atoms with E-state index in [0.717, 1.165) is 11.4 Å². The van der Waals surface area contributed by atoms with Gasteiger partial charge in [0, 0.05) is 23.0 Å². The van der Waals surface area contributed by atoms with Gasteiger partial charge >= 0.3 is 5.97 Å². The van der Waals surface area contributed by atoms with Crippen LogP contribution in [0.3, 0.4) is 0 Å². The first kappa shape index (κ1) is 18.2. The molecule has 0 aliphatic rings. The minimum absolute atomic E-state index is 0. The predicted octanol–water partition coefficient (Wildman–Crippen LogP) is 3.76. The third kappa shape index (κ3) is 3.67. The molecule has 0 saturated carbocycles. The number of hydrogen-bond acceptors (Lipinski definition) is 6. The third-order valence-corrected chi connectivity index (χ3v) is 3.56. The molecule has 3 aromatic rings. The second kappa shape index (κ2) is 7.60. The number of fused-ring (bicyclic) bond motifs is 1. The first-order valence-corrected chi connectivity index (χ1v) is 7.24. The highest BCUT2D eigenvalue weighted by molar-refractivity contribution is 6.05. The summed E-state index contributed by atoms with van der Waals surface area (Å²) in [5, 5.41) is 12.8. The number of nitriles is 1. The predicted molar refractivity (Wildman–Crippen MR) is 97.3 cm³/mol. The molecule has 0 aliphatic heterocycles. The van der Waals surface area contributed by atoms with Crippen molar-refractivity contribution in [2.75, 3.05) is 12.4 Å². The summed E-state index contributed by atoms with van der Waals surface area (Å²) in [6, 6.07) is 12.7. The van der Waals surface area contributed by atoms with Crippen molar-refractivity contribution in [1.82, 2.24) is 9.97 Å². The molecule has 1 N–H and O–H groups in total. The van der Waals surface area contributed by atoms with Gasteiger partial charge in [-0.1, -0.05) is 0 Å². The van der Waals surface area contributed by atoms with Crippen LogP contribution >= 0.6 is 12.4 Å². The molecule has 3 rings (SSSR count). The van der Waals surface area contributed by atoms with Gasteiger partial charge in [0.15, 0.2) is 5.65 Å². The highest BCUT2D eigenvalue weighted by atomic mass is 35.5. The standard InChI is InChI=1S/C18H14N4O2.ClH/c1-11-3-8-14-16(22-13-6-4-12(9-19)5-7-13)15(18(23)24-2)10-20-17(14)21-11;/h3-8,10H,1-2H3,(H,20,21,22);1H. The number of rotatable bonds is 3. The van der Waals surface area contributed by atoms with E-state index in [9.17, 15) is 4.79 Å². The van der Waals surface area contributed by atoms with Crippen molar-refractivity contribution in [2.24, 2.45) is 0 Å². The molecular formula is C18H15ClN4O2. The number of aryl methyl sites for hydroxylation is 1. The Morgan fingerprint density at radius 1 is 1.20 bits per heavy atom. The third-order valence-electron chi connectivity index (χ3n) is 3.56. The van der Waals surface area contributed by atoms with E-state index in [1.807, 2.05) is 19.1 Å². The summed E-state index contributed by atoms with van der Waals surface area (Å²) < 4.78 is 4.84. The van der Waals surface area contributed by atoms with E-state index in [0.29, 0.717) is 27.8 Å². The summed E-state index contributed by atoms with van der Waals surface area (Å²) in [7, 11) is 1.32. The Morgan fingerprint density at radius 3 is 2.56 bits per heavy atom. The van der Waals surface area contributed by atoms with Crippen LogP contribution in [-0.2, 0) is 4.74 Å². The Kier molecular flexibility index (Phi) is 5.52. The zero-order chi connectivity index (χ0) is 17.1. The van der Waals surface area contributed by atoms with Gasteiger partial charge in [0.1, 0.15) is 5.56 Å². The Morgan fingerprint density at radius 2 is 1.92 bits per heavy atom. The minimum atomic E-state index is -0.485. The topological polar surface area (TPSA) is 87.9 Å². The summed E-state index contributed by atoms with van der Waals surface area (Å²) in [6.07, 6.45) is 1.45. The van der Waals surface area contributed by atoms with Gasteiger partial charge in [-0.3, -0.25) is 0 Å². The van der Waals surface area contributed by atoms with Crippen molar-refractivity contribution in [2.45, 2.75) is 6.92 Å². The van der Waals surface area contributed by atoms with Gasteiger partial charge in [0.05, 0.1) is 24.4 Å². The Balaban J connectivity index is 0.00000225. The Bertz CT molecular complexity index is 965. The number of ether oxygens (including phenoxy) is 1. The Labute approximate surface area is 150 Å². The number of aromatic nitrogens is 2. The molecule has 0 saturated heterocycles. The van der Waals surface area contributed by atoms with E-state index in [1.165, 1.54) is 13.3 Å². The number of nitrogens with one attached hydrogen (secondary N) is 1. The molecule has 7 heteroatoms. The molecule has 0 aliphatic carbocycles. The van der Waals surface area contributed by atoms with Crippen molar-refractivity contribution < 1.29 is 9.53 Å². The first-order valence-electron chi connectivity index (χ1n) is 7.24. The van der Waals surface area contributed by atoms with Gasteiger partial charge in [-0.25, -0.2) is 14.8 Å². The lowest BCUT2D eigenvalue weighted by Crippen LogP contribution is -2.08. The number of nitrogens with zero attached hydrogens (tertiary/aromatic N) is 3. The van der Waals surface area contributed by atoms with E-state index in [4.69, 9.17) is 10.00 Å². The van der Waals surface area contributed by atoms with Crippen LogP contribution in [0.2, 0.25) is 0 Å². The molecule has 0 unspecified atom stereocenters. The quantitative estimate of drug-likeness (QED) is 0.720. The maximum absolute atomic E-state index is 12.1. The van der Waals surface area contributed by atoms with Crippen LogP contribution in [0.1, 0.15) is 21.6 Å². The van der Waals surface area contributed by atoms with E-state index >= 15 is 0 Å². The fourth-order valence-corrected chi connectivity index (χ4v) is 2.34. The fraction of sp³-hybridized carbons (Fsp3) is 0.111. The molecule has 126 valence electrons. The van der Waals surface area contributed by atoms with Crippen molar-refractivity contribution in [3.05, 3.63) is 59.4 Å². The first-order chi connectivity index (χ1) is 11.6. The number of hydrogen-bond donors (Lipinski definition) is 1. The van der Waals surface area contributed by atoms with Crippen LogP contribution < -0.4 is 5.32 Å². The second-order valence-corrected chi connectivity index (χ2v) is 5.18. The Hall–Kier alpha value is -3.17. The van der Waals surface area contributed by atoms with Crippen molar-refractivity contribution in [3.8, 4) is 6.07 Å². The summed E-state index contributed by atoms with van der Waals surface area (Å²) in [5.41, 5.74) is 3.57. The lowest BCUT2D eigenvalue weighted by molar-refractivity contribution is 0.0601. The van der Waals surface area contributed by atoms with E-state index in [1.54, 1.807) is 24.3 Å². The molecule has 0 radical (unpaired) electrons. The largest absolute Gasteiger partial charge is 0.465 e. The molecule has 25 heavy (non-hydrogen) atoms. The van der Waals surface area contributed by atoms with Crippen molar-refractivity contribution in [1.29, 1.82) is 5.26 Å².